The molecule has 0 bridgehead atoms. The van der Waals surface area contributed by atoms with Gasteiger partial charge in [0.25, 0.3) is 0 Å². The van der Waals surface area contributed by atoms with Crippen LogP contribution in [0.2, 0.25) is 0 Å². The van der Waals surface area contributed by atoms with Gasteiger partial charge in [-0.2, -0.15) is 0 Å². The van der Waals surface area contributed by atoms with Crippen molar-refractivity contribution in [3.63, 3.8) is 0 Å². The predicted molar refractivity (Wildman–Crippen MR) is 52.1 cm³/mol. The van der Waals surface area contributed by atoms with Crippen molar-refractivity contribution in [1.82, 2.24) is 0 Å². The van der Waals surface area contributed by atoms with Crippen LogP contribution in [0.1, 0.15) is 39.5 Å². The molecule has 0 radical (unpaired) electrons. The van der Waals surface area contributed by atoms with Crippen molar-refractivity contribution in [2.45, 2.75) is 39.5 Å². The number of allylic oxidation sites excluding steroid dienone is 1. The van der Waals surface area contributed by atoms with E-state index in [0.717, 1.165) is 36.8 Å². The van der Waals surface area contributed by atoms with E-state index in [1.54, 1.807) is 0 Å². The minimum atomic E-state index is -0.196. The van der Waals surface area contributed by atoms with Gasteiger partial charge in [0.1, 0.15) is 5.76 Å². The maximum atomic E-state index is 11.2. The van der Waals surface area contributed by atoms with Crippen molar-refractivity contribution >= 4 is 5.97 Å². The summed E-state index contributed by atoms with van der Waals surface area (Å²) in [4.78, 5) is 11.2. The topological polar surface area (TPSA) is 26.3 Å². The Morgan fingerprint density at radius 2 is 2.00 bits per heavy atom. The SMILES string of the molecule is C=C1OC(=O)C(CC)=C1CCCC. The highest BCUT2D eigenvalue weighted by molar-refractivity contribution is 5.94. The maximum absolute atomic E-state index is 11.2. The average Bonchev–Trinajstić information content (AvgIpc) is 2.37. The summed E-state index contributed by atoms with van der Waals surface area (Å²) in [6.45, 7) is 7.84. The third kappa shape index (κ3) is 2.00. The summed E-state index contributed by atoms with van der Waals surface area (Å²) in [5, 5.41) is 0. The molecule has 0 N–H and O–H groups in total. The molecule has 2 heteroatoms. The molecule has 1 aliphatic rings. The van der Waals surface area contributed by atoms with Gasteiger partial charge in [-0.15, -0.1) is 0 Å². The van der Waals surface area contributed by atoms with E-state index in [9.17, 15) is 4.79 Å². The standard InChI is InChI=1S/C11H16O2/c1-4-6-7-10-8(3)13-11(12)9(10)5-2/h3-7H2,1-2H3. The highest BCUT2D eigenvalue weighted by Gasteiger charge is 2.25. The van der Waals surface area contributed by atoms with Gasteiger partial charge in [0.15, 0.2) is 0 Å². The molecular formula is C11H16O2. The van der Waals surface area contributed by atoms with E-state index < -0.39 is 0 Å². The van der Waals surface area contributed by atoms with E-state index in [1.165, 1.54) is 0 Å². The Morgan fingerprint density at radius 3 is 2.54 bits per heavy atom. The zero-order chi connectivity index (χ0) is 9.84. The Kier molecular flexibility index (Phi) is 3.29. The van der Waals surface area contributed by atoms with E-state index >= 15 is 0 Å². The first-order valence-electron chi connectivity index (χ1n) is 4.84. The van der Waals surface area contributed by atoms with E-state index in [1.807, 2.05) is 6.92 Å². The summed E-state index contributed by atoms with van der Waals surface area (Å²) < 4.78 is 4.97. The third-order valence-electron chi connectivity index (χ3n) is 2.30. The van der Waals surface area contributed by atoms with Gasteiger partial charge in [0, 0.05) is 11.1 Å². The maximum Gasteiger partial charge on any atom is 0.339 e. The predicted octanol–water partition coefficient (Wildman–Crippen LogP) is 2.95. The summed E-state index contributed by atoms with van der Waals surface area (Å²) in [5.74, 6) is 0.369. The van der Waals surface area contributed by atoms with Gasteiger partial charge in [0.05, 0.1) is 0 Å². The lowest BCUT2D eigenvalue weighted by Crippen LogP contribution is -1.96. The van der Waals surface area contributed by atoms with Gasteiger partial charge in [0.2, 0.25) is 0 Å². The molecule has 0 aromatic heterocycles. The van der Waals surface area contributed by atoms with Crippen LogP contribution in [0.3, 0.4) is 0 Å². The first-order chi connectivity index (χ1) is 6.20. The fraction of sp³-hybridized carbons (Fsp3) is 0.545. The molecule has 0 saturated carbocycles. The first kappa shape index (κ1) is 10.0. The van der Waals surface area contributed by atoms with Crippen LogP contribution in [0.15, 0.2) is 23.5 Å². The van der Waals surface area contributed by atoms with Gasteiger partial charge in [-0.05, 0) is 19.3 Å². The lowest BCUT2D eigenvalue weighted by Gasteiger charge is -2.00. The van der Waals surface area contributed by atoms with Crippen LogP contribution in [-0.2, 0) is 9.53 Å². The Hall–Kier alpha value is -1.05. The molecule has 0 unspecified atom stereocenters. The van der Waals surface area contributed by atoms with Gasteiger partial charge in [-0.25, -0.2) is 4.79 Å². The third-order valence-corrected chi connectivity index (χ3v) is 2.30. The van der Waals surface area contributed by atoms with Crippen LogP contribution in [0.25, 0.3) is 0 Å². The number of unbranched alkanes of at least 4 members (excludes halogenated alkanes) is 1. The van der Waals surface area contributed by atoms with Crippen LogP contribution in [0.4, 0.5) is 0 Å². The molecule has 0 saturated heterocycles. The second kappa shape index (κ2) is 4.26. The largest absolute Gasteiger partial charge is 0.423 e. The lowest BCUT2D eigenvalue weighted by molar-refractivity contribution is -0.133. The molecule has 1 aliphatic heterocycles. The highest BCUT2D eigenvalue weighted by atomic mass is 16.5. The number of ether oxygens (including phenoxy) is 1. The van der Waals surface area contributed by atoms with Crippen molar-refractivity contribution in [2.24, 2.45) is 0 Å². The fourth-order valence-electron chi connectivity index (χ4n) is 1.53. The summed E-state index contributed by atoms with van der Waals surface area (Å²) in [6, 6.07) is 0. The molecule has 0 aromatic carbocycles. The minimum Gasteiger partial charge on any atom is -0.423 e. The molecule has 0 aliphatic carbocycles. The number of hydrogen-bond donors (Lipinski definition) is 0. The second-order valence-corrected chi connectivity index (χ2v) is 3.23. The minimum absolute atomic E-state index is 0.196. The number of rotatable bonds is 4. The van der Waals surface area contributed by atoms with Gasteiger partial charge in [-0.1, -0.05) is 26.8 Å². The zero-order valence-corrected chi connectivity index (χ0v) is 8.35. The Morgan fingerprint density at radius 1 is 1.31 bits per heavy atom. The molecule has 0 amide bonds. The highest BCUT2D eigenvalue weighted by Crippen LogP contribution is 2.30. The lowest BCUT2D eigenvalue weighted by atomic mass is 10.0. The summed E-state index contributed by atoms with van der Waals surface area (Å²) in [7, 11) is 0. The van der Waals surface area contributed by atoms with Crippen LogP contribution < -0.4 is 0 Å². The van der Waals surface area contributed by atoms with Gasteiger partial charge in [-0.3, -0.25) is 0 Å². The molecular weight excluding hydrogens is 164 g/mol. The van der Waals surface area contributed by atoms with Crippen molar-refractivity contribution in [3.8, 4) is 0 Å². The van der Waals surface area contributed by atoms with E-state index in [4.69, 9.17) is 4.74 Å². The monoisotopic (exact) mass is 180 g/mol. The molecule has 0 aromatic rings. The summed E-state index contributed by atoms with van der Waals surface area (Å²) >= 11 is 0. The molecule has 0 spiro atoms. The number of cyclic esters (lactones) is 1. The molecule has 72 valence electrons. The van der Waals surface area contributed by atoms with Gasteiger partial charge < -0.3 is 4.74 Å². The van der Waals surface area contributed by atoms with Gasteiger partial charge >= 0.3 is 5.97 Å². The molecule has 0 fully saturated rings. The van der Waals surface area contributed by atoms with Crippen LogP contribution in [-0.4, -0.2) is 5.97 Å². The Bertz CT molecular complexity index is 261. The van der Waals surface area contributed by atoms with Crippen molar-refractivity contribution in [3.05, 3.63) is 23.5 Å². The van der Waals surface area contributed by atoms with E-state index in [0.29, 0.717) is 5.76 Å². The first-order valence-corrected chi connectivity index (χ1v) is 4.84. The summed E-state index contributed by atoms with van der Waals surface area (Å²) in [6.07, 6.45) is 3.89. The molecule has 1 rings (SSSR count). The Balaban J connectivity index is 2.79. The van der Waals surface area contributed by atoms with Crippen LogP contribution >= 0.6 is 0 Å². The fourth-order valence-corrected chi connectivity index (χ4v) is 1.53. The Labute approximate surface area is 79.3 Å². The molecule has 1 heterocycles. The quantitative estimate of drug-likeness (QED) is 0.622. The second-order valence-electron chi connectivity index (χ2n) is 3.23. The van der Waals surface area contributed by atoms with Crippen LogP contribution in [0, 0.1) is 0 Å². The summed E-state index contributed by atoms with van der Waals surface area (Å²) in [5.41, 5.74) is 1.85. The van der Waals surface area contributed by atoms with E-state index in [-0.39, 0.29) is 5.97 Å². The number of hydrogen-bond acceptors (Lipinski definition) is 2. The van der Waals surface area contributed by atoms with E-state index in [2.05, 4.69) is 13.5 Å². The number of carbonyl (C=O) groups is 1. The van der Waals surface area contributed by atoms with Crippen LogP contribution in [0.5, 0.6) is 0 Å². The smallest absolute Gasteiger partial charge is 0.339 e. The van der Waals surface area contributed by atoms with Crippen molar-refractivity contribution in [1.29, 1.82) is 0 Å². The van der Waals surface area contributed by atoms with Crippen molar-refractivity contribution < 1.29 is 9.53 Å². The molecule has 0 atom stereocenters. The normalized spacial score (nSPS) is 16.8. The molecule has 2 nitrogen and oxygen atoms in total. The number of carbonyl (C=O) groups excluding carboxylic acids is 1. The zero-order valence-electron chi connectivity index (χ0n) is 8.35. The molecule has 13 heavy (non-hydrogen) atoms. The van der Waals surface area contributed by atoms with Crippen molar-refractivity contribution in [2.75, 3.05) is 0 Å². The average molecular weight is 180 g/mol. The number of esters is 1.